The van der Waals surface area contributed by atoms with Gasteiger partial charge in [-0.2, -0.15) is 0 Å². The van der Waals surface area contributed by atoms with Gasteiger partial charge in [0.1, 0.15) is 0 Å². The quantitative estimate of drug-likeness (QED) is 0.811. The van der Waals surface area contributed by atoms with E-state index in [4.69, 9.17) is 10.5 Å². The summed E-state index contributed by atoms with van der Waals surface area (Å²) < 4.78 is 5.51. The molecule has 2 fully saturated rings. The molecule has 0 radical (unpaired) electrons. The average Bonchev–Trinajstić information content (AvgIpc) is 2.73. The highest BCUT2D eigenvalue weighted by Crippen LogP contribution is 2.44. The maximum absolute atomic E-state index is 6.22. The van der Waals surface area contributed by atoms with E-state index >= 15 is 0 Å². The number of ether oxygens (including phenoxy) is 1. The van der Waals surface area contributed by atoms with Crippen LogP contribution >= 0.6 is 0 Å². The first-order chi connectivity index (χ1) is 8.35. The SMILES string of the molecule is CC1C(N)CCC(CNC2(C)CCOC2)C1(C)C. The molecule has 1 saturated heterocycles. The number of hydrogen-bond acceptors (Lipinski definition) is 3. The second-order valence-corrected chi connectivity index (χ2v) is 7.29. The first kappa shape index (κ1) is 14.3. The molecular formula is C15H30N2O. The molecule has 1 aliphatic heterocycles. The Morgan fingerprint density at radius 3 is 2.61 bits per heavy atom. The van der Waals surface area contributed by atoms with E-state index in [0.29, 0.717) is 17.4 Å². The van der Waals surface area contributed by atoms with Crippen LogP contribution in [0.25, 0.3) is 0 Å². The topological polar surface area (TPSA) is 47.3 Å². The van der Waals surface area contributed by atoms with E-state index in [9.17, 15) is 0 Å². The van der Waals surface area contributed by atoms with Crippen molar-refractivity contribution < 1.29 is 4.74 Å². The van der Waals surface area contributed by atoms with Gasteiger partial charge in [-0.05, 0) is 50.0 Å². The predicted molar refractivity (Wildman–Crippen MR) is 75.5 cm³/mol. The number of hydrogen-bond donors (Lipinski definition) is 2. The number of nitrogens with two attached hydrogens (primary N) is 1. The highest BCUT2D eigenvalue weighted by molar-refractivity contribution is 4.96. The first-order valence-electron chi connectivity index (χ1n) is 7.43. The summed E-state index contributed by atoms with van der Waals surface area (Å²) in [5.74, 6) is 1.33. The summed E-state index contributed by atoms with van der Waals surface area (Å²) in [7, 11) is 0. The van der Waals surface area contributed by atoms with Gasteiger partial charge in [-0.25, -0.2) is 0 Å². The second kappa shape index (κ2) is 5.10. The fourth-order valence-electron chi connectivity index (χ4n) is 3.48. The maximum atomic E-state index is 6.22. The zero-order chi connectivity index (χ0) is 13.4. The zero-order valence-corrected chi connectivity index (χ0v) is 12.5. The van der Waals surface area contributed by atoms with Gasteiger partial charge in [0.15, 0.2) is 0 Å². The van der Waals surface area contributed by atoms with E-state index in [-0.39, 0.29) is 5.54 Å². The smallest absolute Gasteiger partial charge is 0.0646 e. The van der Waals surface area contributed by atoms with Crippen LogP contribution in [-0.4, -0.2) is 31.3 Å². The van der Waals surface area contributed by atoms with Gasteiger partial charge in [0, 0.05) is 18.2 Å². The van der Waals surface area contributed by atoms with Gasteiger partial charge in [0.2, 0.25) is 0 Å². The Labute approximate surface area is 112 Å². The molecule has 0 amide bonds. The summed E-state index contributed by atoms with van der Waals surface area (Å²) in [6.45, 7) is 12.2. The third-order valence-electron chi connectivity index (χ3n) is 5.71. The van der Waals surface area contributed by atoms with Gasteiger partial charge in [-0.15, -0.1) is 0 Å². The molecular weight excluding hydrogens is 224 g/mol. The molecule has 1 aliphatic carbocycles. The lowest BCUT2D eigenvalue weighted by Crippen LogP contribution is -2.52. The molecule has 0 aromatic carbocycles. The van der Waals surface area contributed by atoms with Gasteiger partial charge in [0.25, 0.3) is 0 Å². The van der Waals surface area contributed by atoms with Crippen molar-refractivity contribution in [3.63, 3.8) is 0 Å². The summed E-state index contributed by atoms with van der Waals surface area (Å²) in [6, 6.07) is 0.377. The Morgan fingerprint density at radius 2 is 2.00 bits per heavy atom. The van der Waals surface area contributed by atoms with Gasteiger partial charge in [-0.1, -0.05) is 20.8 Å². The molecule has 0 spiro atoms. The van der Waals surface area contributed by atoms with Crippen molar-refractivity contribution in [1.82, 2.24) is 5.32 Å². The predicted octanol–water partition coefficient (Wildman–Crippen LogP) is 2.15. The van der Waals surface area contributed by atoms with Gasteiger partial charge < -0.3 is 15.8 Å². The Balaban J connectivity index is 1.92. The van der Waals surface area contributed by atoms with Crippen molar-refractivity contribution in [1.29, 1.82) is 0 Å². The molecule has 0 aromatic heterocycles. The molecule has 4 atom stereocenters. The molecule has 18 heavy (non-hydrogen) atoms. The molecule has 0 bridgehead atoms. The van der Waals surface area contributed by atoms with Crippen LogP contribution in [0.1, 0.15) is 47.0 Å². The van der Waals surface area contributed by atoms with Crippen LogP contribution in [0.15, 0.2) is 0 Å². The van der Waals surface area contributed by atoms with E-state index < -0.39 is 0 Å². The van der Waals surface area contributed by atoms with E-state index in [1.54, 1.807) is 0 Å². The molecule has 4 unspecified atom stereocenters. The second-order valence-electron chi connectivity index (χ2n) is 7.29. The van der Waals surface area contributed by atoms with Crippen molar-refractivity contribution in [2.45, 2.75) is 58.5 Å². The van der Waals surface area contributed by atoms with E-state index in [1.165, 1.54) is 12.8 Å². The molecule has 0 aromatic rings. The van der Waals surface area contributed by atoms with Crippen LogP contribution in [0.3, 0.4) is 0 Å². The molecule has 1 heterocycles. The van der Waals surface area contributed by atoms with Crippen LogP contribution in [0.4, 0.5) is 0 Å². The summed E-state index contributed by atoms with van der Waals surface area (Å²) in [4.78, 5) is 0. The minimum absolute atomic E-state index is 0.193. The van der Waals surface area contributed by atoms with E-state index in [2.05, 4.69) is 33.0 Å². The molecule has 2 rings (SSSR count). The Kier molecular flexibility index (Phi) is 4.05. The molecule has 2 aliphatic rings. The third-order valence-corrected chi connectivity index (χ3v) is 5.71. The van der Waals surface area contributed by atoms with Crippen LogP contribution in [0.5, 0.6) is 0 Å². The van der Waals surface area contributed by atoms with Crippen LogP contribution in [-0.2, 0) is 4.74 Å². The first-order valence-corrected chi connectivity index (χ1v) is 7.43. The van der Waals surface area contributed by atoms with Crippen LogP contribution < -0.4 is 11.1 Å². The number of nitrogens with one attached hydrogen (secondary N) is 1. The van der Waals surface area contributed by atoms with E-state index in [0.717, 1.165) is 32.1 Å². The summed E-state index contributed by atoms with van der Waals surface area (Å²) >= 11 is 0. The summed E-state index contributed by atoms with van der Waals surface area (Å²) in [5, 5.41) is 3.75. The molecule has 1 saturated carbocycles. The Hall–Kier alpha value is -0.120. The van der Waals surface area contributed by atoms with Crippen molar-refractivity contribution in [3.8, 4) is 0 Å². The van der Waals surface area contributed by atoms with Gasteiger partial charge in [-0.3, -0.25) is 0 Å². The minimum Gasteiger partial charge on any atom is -0.379 e. The van der Waals surface area contributed by atoms with Crippen molar-refractivity contribution in [3.05, 3.63) is 0 Å². The van der Waals surface area contributed by atoms with Crippen molar-refractivity contribution in [2.24, 2.45) is 23.0 Å². The third kappa shape index (κ3) is 2.73. The van der Waals surface area contributed by atoms with E-state index in [1.807, 2.05) is 0 Å². The van der Waals surface area contributed by atoms with Crippen molar-refractivity contribution in [2.75, 3.05) is 19.8 Å². The molecule has 3 N–H and O–H groups in total. The fraction of sp³-hybridized carbons (Fsp3) is 1.00. The Bertz CT molecular complexity index is 284. The van der Waals surface area contributed by atoms with Crippen molar-refractivity contribution >= 4 is 0 Å². The highest BCUT2D eigenvalue weighted by Gasteiger charge is 2.42. The van der Waals surface area contributed by atoms with Gasteiger partial charge in [0.05, 0.1) is 6.61 Å². The average molecular weight is 254 g/mol. The normalized spacial score (nSPS) is 44.2. The van der Waals surface area contributed by atoms with Crippen LogP contribution in [0.2, 0.25) is 0 Å². The standard InChI is InChI=1S/C15H30N2O/c1-11-13(16)6-5-12(14(11,2)3)9-17-15(4)7-8-18-10-15/h11-13,17H,5-10,16H2,1-4H3. The molecule has 106 valence electrons. The monoisotopic (exact) mass is 254 g/mol. The largest absolute Gasteiger partial charge is 0.379 e. The summed E-state index contributed by atoms with van der Waals surface area (Å²) in [6.07, 6.45) is 3.56. The maximum Gasteiger partial charge on any atom is 0.0646 e. The lowest BCUT2D eigenvalue weighted by Gasteiger charge is -2.47. The lowest BCUT2D eigenvalue weighted by molar-refractivity contribution is 0.0480. The van der Waals surface area contributed by atoms with Gasteiger partial charge >= 0.3 is 0 Å². The van der Waals surface area contributed by atoms with Crippen LogP contribution in [0, 0.1) is 17.3 Å². The summed E-state index contributed by atoms with van der Waals surface area (Å²) in [5.41, 5.74) is 6.75. The fourth-order valence-corrected chi connectivity index (χ4v) is 3.48. The minimum atomic E-state index is 0.193. The zero-order valence-electron chi connectivity index (χ0n) is 12.5. The number of rotatable bonds is 3. The lowest BCUT2D eigenvalue weighted by atomic mass is 9.61. The Morgan fingerprint density at radius 1 is 1.28 bits per heavy atom. The molecule has 3 nitrogen and oxygen atoms in total. The highest BCUT2D eigenvalue weighted by atomic mass is 16.5. The molecule has 3 heteroatoms.